The first-order valence-corrected chi connectivity index (χ1v) is 6.42. The molecular formula is C14H20N2O4. The largest absolute Gasteiger partial charge is 0.507 e. The minimum absolute atomic E-state index is 0.208. The Balaban J connectivity index is 2.80. The number of carbonyl (C=O) groups excluding carboxylic acids is 1. The van der Waals surface area contributed by atoms with Crippen molar-refractivity contribution in [3.8, 4) is 5.75 Å². The average Bonchev–Trinajstić information content (AvgIpc) is 2.35. The molecule has 0 saturated carbocycles. The third kappa shape index (κ3) is 4.24. The van der Waals surface area contributed by atoms with E-state index >= 15 is 0 Å². The number of benzene rings is 1. The number of aromatic carboxylic acids is 1. The van der Waals surface area contributed by atoms with Crippen LogP contribution in [0.4, 0.5) is 5.69 Å². The highest BCUT2D eigenvalue weighted by molar-refractivity contribution is 5.95. The lowest BCUT2D eigenvalue weighted by atomic mass is 9.96. The average molecular weight is 280 g/mol. The van der Waals surface area contributed by atoms with Crippen LogP contribution in [0.5, 0.6) is 5.75 Å². The highest BCUT2D eigenvalue weighted by Gasteiger charge is 2.19. The van der Waals surface area contributed by atoms with E-state index in [0.29, 0.717) is 18.0 Å². The van der Waals surface area contributed by atoms with E-state index in [0.717, 1.165) is 0 Å². The first-order valence-electron chi connectivity index (χ1n) is 6.42. The van der Waals surface area contributed by atoms with E-state index in [1.165, 1.54) is 18.2 Å². The van der Waals surface area contributed by atoms with Crippen LogP contribution >= 0.6 is 0 Å². The molecule has 110 valence electrons. The van der Waals surface area contributed by atoms with Crippen molar-refractivity contribution in [3.63, 3.8) is 0 Å². The third-order valence-corrected chi connectivity index (χ3v) is 2.91. The van der Waals surface area contributed by atoms with E-state index in [9.17, 15) is 14.7 Å². The quantitative estimate of drug-likeness (QED) is 0.633. The molecule has 1 amide bonds. The van der Waals surface area contributed by atoms with Crippen molar-refractivity contribution in [1.29, 1.82) is 0 Å². The van der Waals surface area contributed by atoms with Crippen molar-refractivity contribution < 1.29 is 19.8 Å². The van der Waals surface area contributed by atoms with Gasteiger partial charge in [0.1, 0.15) is 11.3 Å². The van der Waals surface area contributed by atoms with Crippen LogP contribution in [-0.2, 0) is 4.79 Å². The topological polar surface area (TPSA) is 113 Å². The smallest absolute Gasteiger partial charge is 0.339 e. The molecule has 0 aliphatic carbocycles. The van der Waals surface area contributed by atoms with Crippen LogP contribution < -0.4 is 11.1 Å². The third-order valence-electron chi connectivity index (χ3n) is 2.91. The van der Waals surface area contributed by atoms with Gasteiger partial charge in [-0.05, 0) is 24.5 Å². The van der Waals surface area contributed by atoms with E-state index in [1.54, 1.807) is 0 Å². The Labute approximate surface area is 117 Å². The SMILES string of the molecule is CC(C)CC(CN)C(=O)Nc1ccc(C(=O)O)c(O)c1. The molecule has 6 nitrogen and oxygen atoms in total. The zero-order valence-electron chi connectivity index (χ0n) is 11.6. The summed E-state index contributed by atoms with van der Waals surface area (Å²) >= 11 is 0. The Morgan fingerprint density at radius 1 is 1.35 bits per heavy atom. The number of phenols is 1. The summed E-state index contributed by atoms with van der Waals surface area (Å²) in [7, 11) is 0. The van der Waals surface area contributed by atoms with Gasteiger partial charge in [0.15, 0.2) is 0 Å². The standard InChI is InChI=1S/C14H20N2O4/c1-8(2)5-9(7-15)13(18)16-10-3-4-11(14(19)20)12(17)6-10/h3-4,6,8-9,17H,5,7,15H2,1-2H3,(H,16,18)(H,19,20). The van der Waals surface area contributed by atoms with Crippen LogP contribution in [-0.4, -0.2) is 28.6 Å². The number of nitrogens with one attached hydrogen (secondary N) is 1. The van der Waals surface area contributed by atoms with Gasteiger partial charge in [-0.25, -0.2) is 4.79 Å². The zero-order chi connectivity index (χ0) is 15.3. The van der Waals surface area contributed by atoms with Gasteiger partial charge in [-0.3, -0.25) is 4.79 Å². The summed E-state index contributed by atoms with van der Waals surface area (Å²) in [4.78, 5) is 22.8. The normalized spacial score (nSPS) is 12.2. The highest BCUT2D eigenvalue weighted by atomic mass is 16.4. The van der Waals surface area contributed by atoms with Gasteiger partial charge in [-0.1, -0.05) is 13.8 Å². The first kappa shape index (κ1) is 16.0. The number of carboxylic acids is 1. The molecule has 0 radical (unpaired) electrons. The Morgan fingerprint density at radius 2 is 2.00 bits per heavy atom. The van der Waals surface area contributed by atoms with Crippen molar-refractivity contribution in [2.24, 2.45) is 17.6 Å². The van der Waals surface area contributed by atoms with Gasteiger partial charge in [0, 0.05) is 18.3 Å². The molecule has 0 aliphatic rings. The number of amides is 1. The summed E-state index contributed by atoms with van der Waals surface area (Å²) in [6.45, 7) is 4.25. The monoisotopic (exact) mass is 280 g/mol. The van der Waals surface area contributed by atoms with Crippen LogP contribution in [0.25, 0.3) is 0 Å². The minimum atomic E-state index is -1.22. The second kappa shape index (κ2) is 6.91. The molecular weight excluding hydrogens is 260 g/mol. The van der Waals surface area contributed by atoms with Gasteiger partial charge in [-0.15, -0.1) is 0 Å². The fraction of sp³-hybridized carbons (Fsp3) is 0.429. The Bertz CT molecular complexity index is 500. The molecule has 5 N–H and O–H groups in total. The number of hydrogen-bond acceptors (Lipinski definition) is 4. The lowest BCUT2D eigenvalue weighted by Gasteiger charge is -2.17. The minimum Gasteiger partial charge on any atom is -0.507 e. The van der Waals surface area contributed by atoms with E-state index in [2.05, 4.69) is 5.32 Å². The van der Waals surface area contributed by atoms with Crippen molar-refractivity contribution in [2.45, 2.75) is 20.3 Å². The lowest BCUT2D eigenvalue weighted by molar-refractivity contribution is -0.120. The maximum Gasteiger partial charge on any atom is 0.339 e. The van der Waals surface area contributed by atoms with Crippen molar-refractivity contribution in [2.75, 3.05) is 11.9 Å². The molecule has 0 aliphatic heterocycles. The molecule has 0 saturated heterocycles. The molecule has 1 unspecified atom stereocenters. The van der Waals surface area contributed by atoms with Gasteiger partial charge in [0.25, 0.3) is 0 Å². The predicted molar refractivity (Wildman–Crippen MR) is 75.7 cm³/mol. The molecule has 1 rings (SSSR count). The van der Waals surface area contributed by atoms with Crippen LogP contribution in [0.2, 0.25) is 0 Å². The molecule has 0 spiro atoms. The van der Waals surface area contributed by atoms with Gasteiger partial charge >= 0.3 is 5.97 Å². The van der Waals surface area contributed by atoms with Gasteiger partial charge in [0.05, 0.1) is 5.92 Å². The number of nitrogens with two attached hydrogens (primary N) is 1. The number of carboxylic acid groups (broad SMARTS) is 1. The van der Waals surface area contributed by atoms with Crippen LogP contribution in [0.15, 0.2) is 18.2 Å². The molecule has 1 atom stereocenters. The molecule has 20 heavy (non-hydrogen) atoms. The van der Waals surface area contributed by atoms with E-state index in [-0.39, 0.29) is 29.7 Å². The first-order chi connectivity index (χ1) is 9.35. The van der Waals surface area contributed by atoms with Crippen molar-refractivity contribution in [1.82, 2.24) is 0 Å². The van der Waals surface area contributed by atoms with Crippen LogP contribution in [0, 0.1) is 11.8 Å². The van der Waals surface area contributed by atoms with Gasteiger partial charge < -0.3 is 21.3 Å². The second-order valence-electron chi connectivity index (χ2n) is 5.09. The molecule has 1 aromatic carbocycles. The number of aromatic hydroxyl groups is 1. The van der Waals surface area contributed by atoms with Crippen LogP contribution in [0.1, 0.15) is 30.6 Å². The fourth-order valence-electron chi connectivity index (χ4n) is 1.91. The predicted octanol–water partition coefficient (Wildman–Crippen LogP) is 1.65. The zero-order valence-corrected chi connectivity index (χ0v) is 11.6. The van der Waals surface area contributed by atoms with E-state index in [1.807, 2.05) is 13.8 Å². The van der Waals surface area contributed by atoms with Crippen molar-refractivity contribution >= 4 is 17.6 Å². The highest BCUT2D eigenvalue weighted by Crippen LogP contribution is 2.23. The second-order valence-corrected chi connectivity index (χ2v) is 5.09. The Morgan fingerprint density at radius 3 is 2.45 bits per heavy atom. The number of anilines is 1. The maximum absolute atomic E-state index is 12.0. The maximum atomic E-state index is 12.0. The fourth-order valence-corrected chi connectivity index (χ4v) is 1.91. The molecule has 1 aromatic rings. The molecule has 0 heterocycles. The van der Waals surface area contributed by atoms with Crippen LogP contribution in [0.3, 0.4) is 0 Å². The Hall–Kier alpha value is -2.08. The number of rotatable bonds is 6. The summed E-state index contributed by atoms with van der Waals surface area (Å²) < 4.78 is 0. The summed E-state index contributed by atoms with van der Waals surface area (Å²) in [5, 5.41) is 21.0. The molecule has 0 fully saturated rings. The lowest BCUT2D eigenvalue weighted by Crippen LogP contribution is -2.30. The van der Waals surface area contributed by atoms with E-state index < -0.39 is 5.97 Å². The molecule has 0 bridgehead atoms. The molecule has 0 aromatic heterocycles. The summed E-state index contributed by atoms with van der Waals surface area (Å²) in [5.41, 5.74) is 5.72. The summed E-state index contributed by atoms with van der Waals surface area (Å²) in [6, 6.07) is 3.89. The number of carbonyl (C=O) groups is 2. The van der Waals surface area contributed by atoms with E-state index in [4.69, 9.17) is 10.8 Å². The van der Waals surface area contributed by atoms with Gasteiger partial charge in [0.2, 0.25) is 5.91 Å². The number of hydrogen-bond donors (Lipinski definition) is 4. The Kier molecular flexibility index (Phi) is 5.52. The summed E-state index contributed by atoms with van der Waals surface area (Å²) in [6.07, 6.45) is 0.668. The van der Waals surface area contributed by atoms with Crippen molar-refractivity contribution in [3.05, 3.63) is 23.8 Å². The summed E-state index contributed by atoms with van der Waals surface area (Å²) in [5.74, 6) is -1.81. The molecule has 6 heteroatoms. The van der Waals surface area contributed by atoms with Gasteiger partial charge in [-0.2, -0.15) is 0 Å².